The van der Waals surface area contributed by atoms with Gasteiger partial charge in [-0.1, -0.05) is 40.9 Å². The first kappa shape index (κ1) is 22.5. The highest BCUT2D eigenvalue weighted by atomic mass is 35.5. The molecule has 1 unspecified atom stereocenters. The molecule has 0 bridgehead atoms. The highest BCUT2D eigenvalue weighted by Crippen LogP contribution is 2.33. The molecular formula is C23H27Cl3N4O. The molecule has 2 heterocycles. The van der Waals surface area contributed by atoms with Gasteiger partial charge in [0.15, 0.2) is 0 Å². The molecule has 2 aliphatic heterocycles. The lowest BCUT2D eigenvalue weighted by Gasteiger charge is -2.37. The van der Waals surface area contributed by atoms with E-state index in [0.29, 0.717) is 15.1 Å². The lowest BCUT2D eigenvalue weighted by molar-refractivity contribution is -0.133. The van der Waals surface area contributed by atoms with Crippen LogP contribution in [0.4, 0.5) is 11.4 Å². The van der Waals surface area contributed by atoms with E-state index in [1.165, 1.54) is 0 Å². The number of amides is 1. The van der Waals surface area contributed by atoms with Gasteiger partial charge in [0.2, 0.25) is 5.91 Å². The predicted molar refractivity (Wildman–Crippen MR) is 130 cm³/mol. The highest BCUT2D eigenvalue weighted by molar-refractivity contribution is 6.35. The number of anilines is 2. The molecule has 31 heavy (non-hydrogen) atoms. The zero-order valence-electron chi connectivity index (χ0n) is 17.5. The minimum Gasteiger partial charge on any atom is -0.377 e. The maximum Gasteiger partial charge on any atom is 0.239 e. The molecule has 4 rings (SSSR count). The van der Waals surface area contributed by atoms with Gasteiger partial charge in [-0.2, -0.15) is 0 Å². The van der Waals surface area contributed by atoms with Crippen LogP contribution >= 0.6 is 34.8 Å². The number of benzene rings is 2. The number of rotatable bonds is 5. The van der Waals surface area contributed by atoms with Gasteiger partial charge in [0.1, 0.15) is 0 Å². The van der Waals surface area contributed by atoms with E-state index in [1.54, 1.807) is 6.07 Å². The van der Waals surface area contributed by atoms with Crippen molar-refractivity contribution in [3.63, 3.8) is 0 Å². The molecule has 1 amide bonds. The standard InChI is InChI=1S/C23H27Cl3N4O/c1-15(18-6-4-16(24)13-20(18)26)28-22-14-17(5-7-19(22)25)29-9-11-30(12-10-29)23(31)21-3-2-8-27-21/h4-7,13-15,21,27-28H,2-3,8-12H2,1H3/t15?,21-/m1/s1. The summed E-state index contributed by atoms with van der Waals surface area (Å²) in [4.78, 5) is 16.9. The Morgan fingerprint density at radius 1 is 1.06 bits per heavy atom. The van der Waals surface area contributed by atoms with Crippen molar-refractivity contribution in [3.05, 3.63) is 57.0 Å². The zero-order valence-corrected chi connectivity index (χ0v) is 19.8. The summed E-state index contributed by atoms with van der Waals surface area (Å²) in [5, 5.41) is 8.67. The summed E-state index contributed by atoms with van der Waals surface area (Å²) < 4.78 is 0. The topological polar surface area (TPSA) is 47.6 Å². The Morgan fingerprint density at radius 2 is 1.84 bits per heavy atom. The lowest BCUT2D eigenvalue weighted by atomic mass is 10.1. The van der Waals surface area contributed by atoms with Crippen molar-refractivity contribution in [2.24, 2.45) is 0 Å². The molecule has 166 valence electrons. The van der Waals surface area contributed by atoms with Crippen molar-refractivity contribution in [2.45, 2.75) is 31.8 Å². The van der Waals surface area contributed by atoms with Gasteiger partial charge in [0.25, 0.3) is 0 Å². The molecule has 8 heteroatoms. The molecule has 2 fully saturated rings. The fraction of sp³-hybridized carbons (Fsp3) is 0.435. The summed E-state index contributed by atoms with van der Waals surface area (Å²) in [6.07, 6.45) is 2.03. The first-order chi connectivity index (χ1) is 14.9. The molecule has 0 aliphatic carbocycles. The van der Waals surface area contributed by atoms with Crippen molar-refractivity contribution >= 4 is 52.1 Å². The number of carbonyl (C=O) groups is 1. The van der Waals surface area contributed by atoms with Gasteiger partial charge in [0, 0.05) is 41.9 Å². The third kappa shape index (κ3) is 5.23. The fourth-order valence-corrected chi connectivity index (χ4v) is 5.03. The molecule has 2 atom stereocenters. The Morgan fingerprint density at radius 3 is 2.52 bits per heavy atom. The largest absolute Gasteiger partial charge is 0.377 e. The van der Waals surface area contributed by atoms with Crippen LogP contribution in [0, 0.1) is 0 Å². The quantitative estimate of drug-likeness (QED) is 0.615. The van der Waals surface area contributed by atoms with Gasteiger partial charge < -0.3 is 20.4 Å². The van der Waals surface area contributed by atoms with Crippen LogP contribution in [0.3, 0.4) is 0 Å². The summed E-state index contributed by atoms with van der Waals surface area (Å²) in [6, 6.07) is 11.5. The number of nitrogens with zero attached hydrogens (tertiary/aromatic N) is 2. The molecular weight excluding hydrogens is 455 g/mol. The highest BCUT2D eigenvalue weighted by Gasteiger charge is 2.29. The van der Waals surface area contributed by atoms with Gasteiger partial charge in [-0.15, -0.1) is 0 Å². The van der Waals surface area contributed by atoms with Crippen LogP contribution in [0.25, 0.3) is 0 Å². The van der Waals surface area contributed by atoms with Crippen LogP contribution in [-0.4, -0.2) is 49.6 Å². The number of carbonyl (C=O) groups excluding carboxylic acids is 1. The second-order valence-electron chi connectivity index (χ2n) is 8.16. The zero-order chi connectivity index (χ0) is 22.0. The second kappa shape index (κ2) is 9.86. The molecule has 0 saturated carbocycles. The van der Waals surface area contributed by atoms with E-state index in [0.717, 1.165) is 62.5 Å². The number of halogens is 3. The van der Waals surface area contributed by atoms with Crippen LogP contribution in [0.1, 0.15) is 31.4 Å². The van der Waals surface area contributed by atoms with E-state index < -0.39 is 0 Å². The monoisotopic (exact) mass is 480 g/mol. The number of hydrogen-bond acceptors (Lipinski definition) is 4. The summed E-state index contributed by atoms with van der Waals surface area (Å²) in [5.41, 5.74) is 2.90. The second-order valence-corrected chi connectivity index (χ2v) is 9.41. The van der Waals surface area contributed by atoms with Gasteiger partial charge in [-0.3, -0.25) is 4.79 Å². The van der Waals surface area contributed by atoms with Crippen molar-refractivity contribution in [2.75, 3.05) is 42.9 Å². The Labute approximate surface area is 198 Å². The molecule has 5 nitrogen and oxygen atoms in total. The van der Waals surface area contributed by atoms with E-state index >= 15 is 0 Å². The maximum atomic E-state index is 12.6. The number of nitrogens with one attached hydrogen (secondary N) is 2. The third-order valence-corrected chi connectivity index (χ3v) is 6.96. The summed E-state index contributed by atoms with van der Waals surface area (Å²) >= 11 is 18.9. The first-order valence-electron chi connectivity index (χ1n) is 10.7. The molecule has 2 aliphatic rings. The average Bonchev–Trinajstić information content (AvgIpc) is 3.30. The molecule has 0 radical (unpaired) electrons. The third-order valence-electron chi connectivity index (χ3n) is 6.07. The first-order valence-corrected chi connectivity index (χ1v) is 11.8. The van der Waals surface area contributed by atoms with Crippen molar-refractivity contribution in [3.8, 4) is 0 Å². The SMILES string of the molecule is CC(Nc1cc(N2CCN(C(=O)[C@H]3CCCN3)CC2)ccc1Cl)c1ccc(Cl)cc1Cl. The summed E-state index contributed by atoms with van der Waals surface area (Å²) in [5.74, 6) is 0.240. The van der Waals surface area contributed by atoms with E-state index in [2.05, 4.69) is 21.6 Å². The van der Waals surface area contributed by atoms with Crippen LogP contribution in [-0.2, 0) is 4.79 Å². The van der Waals surface area contributed by atoms with Gasteiger partial charge in [0.05, 0.1) is 22.8 Å². The summed E-state index contributed by atoms with van der Waals surface area (Å²) in [7, 11) is 0. The molecule has 0 spiro atoms. The van der Waals surface area contributed by atoms with E-state index in [-0.39, 0.29) is 18.0 Å². The minimum atomic E-state index is -0.0362. The van der Waals surface area contributed by atoms with Gasteiger partial charge in [-0.25, -0.2) is 0 Å². The van der Waals surface area contributed by atoms with Gasteiger partial charge in [-0.05, 0) is 62.2 Å². The summed E-state index contributed by atoms with van der Waals surface area (Å²) in [6.45, 7) is 6.06. The Hall–Kier alpha value is -1.66. The predicted octanol–water partition coefficient (Wildman–Crippen LogP) is 5.22. The van der Waals surface area contributed by atoms with Crippen LogP contribution in [0.2, 0.25) is 15.1 Å². The smallest absolute Gasteiger partial charge is 0.239 e. The number of piperazine rings is 1. The molecule has 2 N–H and O–H groups in total. The number of hydrogen-bond donors (Lipinski definition) is 2. The Balaban J connectivity index is 1.41. The van der Waals surface area contributed by atoms with E-state index in [1.807, 2.05) is 36.1 Å². The average molecular weight is 482 g/mol. The molecule has 0 aromatic heterocycles. The van der Waals surface area contributed by atoms with Crippen molar-refractivity contribution in [1.82, 2.24) is 10.2 Å². The Kier molecular flexibility index (Phi) is 7.17. The fourth-order valence-electron chi connectivity index (χ4n) is 4.28. The van der Waals surface area contributed by atoms with Gasteiger partial charge >= 0.3 is 0 Å². The van der Waals surface area contributed by atoms with Crippen LogP contribution in [0.15, 0.2) is 36.4 Å². The Bertz CT molecular complexity index is 940. The van der Waals surface area contributed by atoms with Crippen LogP contribution in [0.5, 0.6) is 0 Å². The van der Waals surface area contributed by atoms with Crippen LogP contribution < -0.4 is 15.5 Å². The maximum absolute atomic E-state index is 12.6. The molecule has 2 aromatic rings. The van der Waals surface area contributed by atoms with Crippen molar-refractivity contribution in [1.29, 1.82) is 0 Å². The van der Waals surface area contributed by atoms with E-state index in [4.69, 9.17) is 34.8 Å². The lowest BCUT2D eigenvalue weighted by Crippen LogP contribution is -2.53. The van der Waals surface area contributed by atoms with Crippen molar-refractivity contribution < 1.29 is 4.79 Å². The minimum absolute atomic E-state index is 0.000867. The molecule has 2 saturated heterocycles. The molecule has 2 aromatic carbocycles. The normalized spacial score (nSPS) is 20.1. The van der Waals surface area contributed by atoms with E-state index in [9.17, 15) is 4.79 Å².